The molecule has 0 aliphatic carbocycles. The van der Waals surface area contributed by atoms with Crippen molar-refractivity contribution in [2.45, 2.75) is 13.5 Å². The summed E-state index contributed by atoms with van der Waals surface area (Å²) in [5.41, 5.74) is 1.56. The predicted molar refractivity (Wildman–Crippen MR) is 54.5 cm³/mol. The summed E-state index contributed by atoms with van der Waals surface area (Å²) in [5.74, 6) is 0.0299. The fraction of sp³-hybridized carbons (Fsp3) is 0.300. The lowest BCUT2D eigenvalue weighted by molar-refractivity contribution is 0.101. The molecule has 0 atom stereocenters. The third-order valence-electron chi connectivity index (χ3n) is 2.13. The lowest BCUT2D eigenvalue weighted by Gasteiger charge is -1.96. The van der Waals surface area contributed by atoms with Crippen LogP contribution in [0.3, 0.4) is 0 Å². The van der Waals surface area contributed by atoms with E-state index in [2.05, 4.69) is 10.2 Å². The second kappa shape index (κ2) is 3.68. The van der Waals surface area contributed by atoms with Crippen LogP contribution >= 0.6 is 0 Å². The zero-order chi connectivity index (χ0) is 10.8. The average Bonchev–Trinajstić information content (AvgIpc) is 2.76. The number of Topliss-reactive ketones (excluding diaryl/α,β-unsaturated/α-hetero) is 1. The van der Waals surface area contributed by atoms with Gasteiger partial charge in [0.25, 0.3) is 0 Å². The van der Waals surface area contributed by atoms with Crippen molar-refractivity contribution in [3.05, 3.63) is 35.9 Å². The standard InChI is InChI=1S/C10H12N4O/c1-8(15)9-5-11-14(6-9)7-10-3-4-13(2)12-10/h3-6H,7H2,1-2H3. The van der Waals surface area contributed by atoms with Gasteiger partial charge >= 0.3 is 0 Å². The van der Waals surface area contributed by atoms with E-state index in [0.717, 1.165) is 5.69 Å². The van der Waals surface area contributed by atoms with Crippen LogP contribution in [-0.4, -0.2) is 25.3 Å². The largest absolute Gasteiger partial charge is 0.294 e. The van der Waals surface area contributed by atoms with Crippen LogP contribution in [-0.2, 0) is 13.6 Å². The Balaban J connectivity index is 2.14. The lowest BCUT2D eigenvalue weighted by Crippen LogP contribution is -2.01. The van der Waals surface area contributed by atoms with E-state index in [0.29, 0.717) is 12.1 Å². The van der Waals surface area contributed by atoms with Gasteiger partial charge in [0.05, 0.1) is 24.0 Å². The van der Waals surface area contributed by atoms with Gasteiger partial charge < -0.3 is 0 Å². The lowest BCUT2D eigenvalue weighted by atomic mass is 10.3. The van der Waals surface area contributed by atoms with Crippen LogP contribution in [0.1, 0.15) is 23.0 Å². The Bertz CT molecular complexity index is 483. The topological polar surface area (TPSA) is 52.7 Å². The number of carbonyl (C=O) groups is 1. The van der Waals surface area contributed by atoms with Gasteiger partial charge in [0.15, 0.2) is 5.78 Å². The Hall–Kier alpha value is -1.91. The van der Waals surface area contributed by atoms with E-state index in [9.17, 15) is 4.79 Å². The predicted octanol–water partition coefficient (Wildman–Crippen LogP) is 0.868. The van der Waals surface area contributed by atoms with Crippen molar-refractivity contribution in [3.8, 4) is 0 Å². The van der Waals surface area contributed by atoms with Crippen LogP contribution in [0, 0.1) is 0 Å². The number of aromatic nitrogens is 4. The van der Waals surface area contributed by atoms with Crippen molar-refractivity contribution in [1.82, 2.24) is 19.6 Å². The Morgan fingerprint density at radius 2 is 2.33 bits per heavy atom. The molecule has 15 heavy (non-hydrogen) atoms. The highest BCUT2D eigenvalue weighted by atomic mass is 16.1. The molecule has 2 heterocycles. The zero-order valence-corrected chi connectivity index (χ0v) is 8.71. The van der Waals surface area contributed by atoms with Crippen molar-refractivity contribution in [2.75, 3.05) is 0 Å². The first-order chi connectivity index (χ1) is 7.15. The summed E-state index contributed by atoms with van der Waals surface area (Å²) in [7, 11) is 1.87. The molecule has 0 aliphatic rings. The van der Waals surface area contributed by atoms with Crippen LogP contribution in [0.4, 0.5) is 0 Å². The van der Waals surface area contributed by atoms with Crippen LogP contribution in [0.5, 0.6) is 0 Å². The highest BCUT2D eigenvalue weighted by molar-refractivity contribution is 5.93. The number of carbonyl (C=O) groups excluding carboxylic acids is 1. The fourth-order valence-corrected chi connectivity index (χ4v) is 1.35. The van der Waals surface area contributed by atoms with Gasteiger partial charge in [-0.25, -0.2) is 0 Å². The summed E-state index contributed by atoms with van der Waals surface area (Å²) in [6.45, 7) is 2.12. The van der Waals surface area contributed by atoms with E-state index < -0.39 is 0 Å². The van der Waals surface area contributed by atoms with Crippen LogP contribution in [0.25, 0.3) is 0 Å². The maximum absolute atomic E-state index is 11.0. The minimum atomic E-state index is 0.0299. The van der Waals surface area contributed by atoms with E-state index in [1.165, 1.54) is 6.92 Å². The van der Waals surface area contributed by atoms with Gasteiger partial charge in [0, 0.05) is 19.4 Å². The molecule has 2 rings (SSSR count). The summed E-state index contributed by atoms with van der Waals surface area (Å²) in [6.07, 6.45) is 5.19. The summed E-state index contributed by atoms with van der Waals surface area (Å²) >= 11 is 0. The van der Waals surface area contributed by atoms with Crippen LogP contribution in [0.2, 0.25) is 0 Å². The molecule has 0 saturated heterocycles. The molecule has 0 fully saturated rings. The van der Waals surface area contributed by atoms with E-state index in [1.807, 2.05) is 19.3 Å². The van der Waals surface area contributed by atoms with Gasteiger partial charge in [-0.15, -0.1) is 0 Å². The van der Waals surface area contributed by atoms with Crippen molar-refractivity contribution < 1.29 is 4.79 Å². The summed E-state index contributed by atoms with van der Waals surface area (Å²) in [4.78, 5) is 11.0. The number of rotatable bonds is 3. The van der Waals surface area contributed by atoms with E-state index in [4.69, 9.17) is 0 Å². The Kier molecular flexibility index (Phi) is 2.37. The number of hydrogen-bond acceptors (Lipinski definition) is 3. The highest BCUT2D eigenvalue weighted by Crippen LogP contribution is 2.02. The van der Waals surface area contributed by atoms with E-state index >= 15 is 0 Å². The molecule has 2 aromatic rings. The van der Waals surface area contributed by atoms with Crippen molar-refractivity contribution in [3.63, 3.8) is 0 Å². The molecule has 0 unspecified atom stereocenters. The highest BCUT2D eigenvalue weighted by Gasteiger charge is 2.04. The molecule has 0 aliphatic heterocycles. The van der Waals surface area contributed by atoms with Gasteiger partial charge in [-0.2, -0.15) is 10.2 Å². The van der Waals surface area contributed by atoms with E-state index in [1.54, 1.807) is 21.8 Å². The summed E-state index contributed by atoms with van der Waals surface area (Å²) in [5, 5.41) is 8.32. The number of hydrogen-bond donors (Lipinski definition) is 0. The van der Waals surface area contributed by atoms with Crippen LogP contribution < -0.4 is 0 Å². The van der Waals surface area contributed by atoms with Crippen molar-refractivity contribution in [2.24, 2.45) is 7.05 Å². The summed E-state index contributed by atoms with van der Waals surface area (Å²) in [6, 6.07) is 1.93. The molecule has 0 N–H and O–H groups in total. The fourth-order valence-electron chi connectivity index (χ4n) is 1.35. The molecule has 0 aromatic carbocycles. The molecular weight excluding hydrogens is 192 g/mol. The minimum Gasteiger partial charge on any atom is -0.294 e. The molecule has 0 amide bonds. The Labute approximate surface area is 87.3 Å². The smallest absolute Gasteiger partial charge is 0.162 e. The zero-order valence-electron chi connectivity index (χ0n) is 8.71. The molecule has 0 radical (unpaired) electrons. The van der Waals surface area contributed by atoms with Gasteiger partial charge in [-0.1, -0.05) is 0 Å². The van der Waals surface area contributed by atoms with Gasteiger partial charge in [0.1, 0.15) is 0 Å². The average molecular weight is 204 g/mol. The molecule has 2 aromatic heterocycles. The minimum absolute atomic E-state index is 0.0299. The Morgan fingerprint density at radius 3 is 2.87 bits per heavy atom. The first-order valence-electron chi connectivity index (χ1n) is 4.67. The van der Waals surface area contributed by atoms with Gasteiger partial charge in [-0.05, 0) is 13.0 Å². The SMILES string of the molecule is CC(=O)c1cnn(Cc2ccn(C)n2)c1. The molecule has 0 spiro atoms. The van der Waals surface area contributed by atoms with Crippen molar-refractivity contribution in [1.29, 1.82) is 0 Å². The van der Waals surface area contributed by atoms with Gasteiger partial charge in [-0.3, -0.25) is 14.2 Å². The molecule has 0 saturated carbocycles. The molecule has 78 valence electrons. The quantitative estimate of drug-likeness (QED) is 0.697. The first-order valence-corrected chi connectivity index (χ1v) is 4.67. The molecule has 5 nitrogen and oxygen atoms in total. The second-order valence-corrected chi connectivity index (χ2v) is 3.46. The maximum atomic E-state index is 11.0. The van der Waals surface area contributed by atoms with E-state index in [-0.39, 0.29) is 5.78 Å². The normalized spacial score (nSPS) is 10.5. The van der Waals surface area contributed by atoms with Crippen LogP contribution in [0.15, 0.2) is 24.7 Å². The molecule has 0 bridgehead atoms. The third kappa shape index (κ3) is 2.12. The first kappa shape index (κ1) is 9.64. The second-order valence-electron chi connectivity index (χ2n) is 3.46. The number of ketones is 1. The monoisotopic (exact) mass is 204 g/mol. The third-order valence-corrected chi connectivity index (χ3v) is 2.13. The number of nitrogens with zero attached hydrogens (tertiary/aromatic N) is 4. The van der Waals surface area contributed by atoms with Crippen molar-refractivity contribution >= 4 is 5.78 Å². The molecule has 5 heteroatoms. The maximum Gasteiger partial charge on any atom is 0.162 e. The molecular formula is C10H12N4O. The number of aryl methyl sites for hydroxylation is 1. The Morgan fingerprint density at radius 1 is 1.53 bits per heavy atom. The summed E-state index contributed by atoms with van der Waals surface area (Å²) < 4.78 is 3.45. The van der Waals surface area contributed by atoms with Gasteiger partial charge in [0.2, 0.25) is 0 Å².